The molecule has 0 saturated carbocycles. The highest BCUT2D eigenvalue weighted by Gasteiger charge is 2.32. The van der Waals surface area contributed by atoms with E-state index in [4.69, 9.17) is 4.74 Å². The number of ether oxygens (including phenoxy) is 1. The monoisotopic (exact) mass is 312 g/mol. The van der Waals surface area contributed by atoms with Gasteiger partial charge in [0.1, 0.15) is 11.6 Å². The second kappa shape index (κ2) is 6.20. The van der Waals surface area contributed by atoms with E-state index in [-0.39, 0.29) is 11.7 Å². The molecule has 0 fully saturated rings. The first-order valence-corrected chi connectivity index (χ1v) is 7.36. The van der Waals surface area contributed by atoms with Crippen LogP contribution in [0.2, 0.25) is 0 Å². The van der Waals surface area contributed by atoms with Crippen LogP contribution in [0.5, 0.6) is 5.75 Å². The molecule has 4 nitrogen and oxygen atoms in total. The first-order valence-electron chi connectivity index (χ1n) is 7.36. The number of carbonyl (C=O) groups excluding carboxylic acids is 1. The lowest BCUT2D eigenvalue weighted by molar-refractivity contribution is -0.130. The Hall–Kier alpha value is -2.69. The number of halogens is 1. The quantitative estimate of drug-likeness (QED) is 0.870. The SMILES string of the molecule is COc1cccc(C2=NN(C(C)=O)[C@@H](c3ccccc3F)C2)c1. The van der Waals surface area contributed by atoms with E-state index in [1.807, 2.05) is 24.3 Å². The molecule has 1 atom stereocenters. The van der Waals surface area contributed by atoms with Crippen LogP contribution in [0.1, 0.15) is 30.5 Å². The van der Waals surface area contributed by atoms with Gasteiger partial charge in [-0.05, 0) is 18.2 Å². The van der Waals surface area contributed by atoms with E-state index in [0.717, 1.165) is 11.3 Å². The predicted octanol–water partition coefficient (Wildman–Crippen LogP) is 3.53. The minimum Gasteiger partial charge on any atom is -0.497 e. The van der Waals surface area contributed by atoms with Crippen LogP contribution in [-0.4, -0.2) is 23.7 Å². The maximum Gasteiger partial charge on any atom is 0.240 e. The Morgan fingerprint density at radius 3 is 2.74 bits per heavy atom. The van der Waals surface area contributed by atoms with Crippen molar-refractivity contribution >= 4 is 11.6 Å². The summed E-state index contributed by atoms with van der Waals surface area (Å²) < 4.78 is 19.3. The maximum atomic E-state index is 14.1. The molecule has 0 unspecified atom stereocenters. The van der Waals surface area contributed by atoms with Gasteiger partial charge in [0, 0.05) is 24.5 Å². The van der Waals surface area contributed by atoms with Crippen LogP contribution in [0, 0.1) is 5.82 Å². The molecule has 118 valence electrons. The van der Waals surface area contributed by atoms with Crippen molar-refractivity contribution in [3.63, 3.8) is 0 Å². The minimum absolute atomic E-state index is 0.212. The largest absolute Gasteiger partial charge is 0.497 e. The summed E-state index contributed by atoms with van der Waals surface area (Å²) >= 11 is 0. The fourth-order valence-electron chi connectivity index (χ4n) is 2.77. The van der Waals surface area contributed by atoms with E-state index in [2.05, 4.69) is 5.10 Å². The number of methoxy groups -OCH3 is 1. The van der Waals surface area contributed by atoms with Crippen LogP contribution in [0.15, 0.2) is 53.6 Å². The normalized spacial score (nSPS) is 17.1. The van der Waals surface area contributed by atoms with E-state index in [1.54, 1.807) is 25.3 Å². The van der Waals surface area contributed by atoms with E-state index in [9.17, 15) is 9.18 Å². The molecule has 1 amide bonds. The summed E-state index contributed by atoms with van der Waals surface area (Å²) in [6, 6.07) is 13.5. The highest BCUT2D eigenvalue weighted by atomic mass is 19.1. The zero-order valence-electron chi connectivity index (χ0n) is 13.0. The highest BCUT2D eigenvalue weighted by molar-refractivity contribution is 6.03. The molecule has 1 aliphatic rings. The summed E-state index contributed by atoms with van der Waals surface area (Å²) in [5, 5.41) is 5.76. The van der Waals surface area contributed by atoms with Crippen molar-refractivity contribution in [1.82, 2.24) is 5.01 Å². The summed E-state index contributed by atoms with van der Waals surface area (Å²) in [6.07, 6.45) is 0.466. The summed E-state index contributed by atoms with van der Waals surface area (Å²) in [5.74, 6) is 0.177. The zero-order chi connectivity index (χ0) is 16.4. The summed E-state index contributed by atoms with van der Waals surface area (Å²) in [7, 11) is 1.60. The van der Waals surface area contributed by atoms with Gasteiger partial charge in [-0.3, -0.25) is 4.79 Å². The summed E-state index contributed by atoms with van der Waals surface area (Å²) in [5.41, 5.74) is 2.09. The third-order valence-electron chi connectivity index (χ3n) is 3.90. The lowest BCUT2D eigenvalue weighted by atomic mass is 9.98. The van der Waals surface area contributed by atoms with Gasteiger partial charge in [0.15, 0.2) is 0 Å². The molecule has 2 aromatic carbocycles. The van der Waals surface area contributed by atoms with Gasteiger partial charge >= 0.3 is 0 Å². The number of nitrogens with zero attached hydrogens (tertiary/aromatic N) is 2. The second-order valence-electron chi connectivity index (χ2n) is 5.38. The molecule has 0 N–H and O–H groups in total. The van der Waals surface area contributed by atoms with E-state index in [1.165, 1.54) is 18.0 Å². The van der Waals surface area contributed by atoms with Crippen molar-refractivity contribution in [3.05, 3.63) is 65.5 Å². The van der Waals surface area contributed by atoms with Gasteiger partial charge in [-0.15, -0.1) is 0 Å². The first kappa shape index (κ1) is 15.2. The van der Waals surface area contributed by atoms with Crippen molar-refractivity contribution in [3.8, 4) is 5.75 Å². The molecule has 1 heterocycles. The number of benzene rings is 2. The molecule has 0 radical (unpaired) electrons. The molecule has 3 rings (SSSR count). The van der Waals surface area contributed by atoms with E-state index >= 15 is 0 Å². The average Bonchev–Trinajstić information content (AvgIpc) is 3.01. The van der Waals surface area contributed by atoms with E-state index in [0.29, 0.717) is 17.7 Å². The highest BCUT2D eigenvalue weighted by Crippen LogP contribution is 2.34. The Morgan fingerprint density at radius 2 is 2.04 bits per heavy atom. The number of carbonyl (C=O) groups is 1. The Labute approximate surface area is 134 Å². The van der Waals surface area contributed by atoms with Gasteiger partial charge in [0.2, 0.25) is 5.91 Å². The number of hydrogen-bond acceptors (Lipinski definition) is 3. The molecular formula is C18H17FN2O2. The number of hydrogen-bond donors (Lipinski definition) is 0. The average molecular weight is 312 g/mol. The Morgan fingerprint density at radius 1 is 1.26 bits per heavy atom. The number of rotatable bonds is 3. The Bertz CT molecular complexity index is 773. The first-order chi connectivity index (χ1) is 11.1. The fourth-order valence-corrected chi connectivity index (χ4v) is 2.77. The van der Waals surface area contributed by atoms with Crippen molar-refractivity contribution in [2.75, 3.05) is 7.11 Å². The van der Waals surface area contributed by atoms with Crippen LogP contribution >= 0.6 is 0 Å². The van der Waals surface area contributed by atoms with Crippen LogP contribution in [0.25, 0.3) is 0 Å². The molecule has 0 saturated heterocycles. The van der Waals surface area contributed by atoms with E-state index < -0.39 is 6.04 Å². The molecule has 0 spiro atoms. The van der Waals surface area contributed by atoms with Crippen molar-refractivity contribution in [1.29, 1.82) is 0 Å². The maximum absolute atomic E-state index is 14.1. The number of hydrazone groups is 1. The summed E-state index contributed by atoms with van der Waals surface area (Å²) in [4.78, 5) is 11.9. The van der Waals surface area contributed by atoms with Gasteiger partial charge in [-0.2, -0.15) is 5.10 Å². The van der Waals surface area contributed by atoms with Crippen LogP contribution in [0.3, 0.4) is 0 Å². The standard InChI is InChI=1S/C18H17FN2O2/c1-12(22)21-18(15-8-3-4-9-16(15)19)11-17(20-21)13-6-5-7-14(10-13)23-2/h3-10,18H,11H2,1-2H3/t18-/m1/s1. The predicted molar refractivity (Wildman–Crippen MR) is 85.8 cm³/mol. The molecule has 0 bridgehead atoms. The molecular weight excluding hydrogens is 295 g/mol. The third kappa shape index (κ3) is 2.95. The topological polar surface area (TPSA) is 41.9 Å². The van der Waals surface area contributed by atoms with Crippen LogP contribution in [0.4, 0.5) is 4.39 Å². The van der Waals surface area contributed by atoms with Gasteiger partial charge in [-0.1, -0.05) is 30.3 Å². The number of amides is 1. The molecule has 2 aromatic rings. The van der Waals surface area contributed by atoms with Gasteiger partial charge in [0.05, 0.1) is 18.9 Å². The molecule has 5 heteroatoms. The molecule has 0 aromatic heterocycles. The Balaban J connectivity index is 1.97. The lowest BCUT2D eigenvalue weighted by Crippen LogP contribution is -2.25. The third-order valence-corrected chi connectivity index (χ3v) is 3.90. The van der Waals surface area contributed by atoms with Crippen molar-refractivity contribution in [2.24, 2.45) is 5.10 Å². The lowest BCUT2D eigenvalue weighted by Gasteiger charge is -2.20. The molecule has 0 aliphatic carbocycles. The zero-order valence-corrected chi connectivity index (χ0v) is 13.0. The fraction of sp³-hybridized carbons (Fsp3) is 0.222. The van der Waals surface area contributed by atoms with Crippen molar-refractivity contribution < 1.29 is 13.9 Å². The van der Waals surface area contributed by atoms with Crippen LogP contribution in [-0.2, 0) is 4.79 Å². The van der Waals surface area contributed by atoms with Gasteiger partial charge in [-0.25, -0.2) is 9.40 Å². The smallest absolute Gasteiger partial charge is 0.240 e. The van der Waals surface area contributed by atoms with Crippen molar-refractivity contribution in [2.45, 2.75) is 19.4 Å². The van der Waals surface area contributed by atoms with Gasteiger partial charge in [0.25, 0.3) is 0 Å². The summed E-state index contributed by atoms with van der Waals surface area (Å²) in [6.45, 7) is 1.44. The minimum atomic E-state index is -0.421. The van der Waals surface area contributed by atoms with Gasteiger partial charge < -0.3 is 4.74 Å². The molecule has 1 aliphatic heterocycles. The molecule has 23 heavy (non-hydrogen) atoms. The Kier molecular flexibility index (Phi) is 4.10. The second-order valence-corrected chi connectivity index (χ2v) is 5.38. The van der Waals surface area contributed by atoms with Crippen LogP contribution < -0.4 is 4.74 Å².